The van der Waals surface area contributed by atoms with Gasteiger partial charge in [-0.15, -0.1) is 11.3 Å². The number of fused-ring (bicyclic) bond motifs is 1. The number of aliphatic hydroxyl groups excluding tert-OH is 1. The van der Waals surface area contributed by atoms with E-state index in [1.165, 1.54) is 11.3 Å². The molecule has 0 saturated carbocycles. The highest BCUT2D eigenvalue weighted by molar-refractivity contribution is 7.23. The van der Waals surface area contributed by atoms with Gasteiger partial charge in [-0.1, -0.05) is 23.7 Å². The van der Waals surface area contributed by atoms with Crippen molar-refractivity contribution >= 4 is 39.3 Å². The summed E-state index contributed by atoms with van der Waals surface area (Å²) in [5.74, 6) is 0. The van der Waals surface area contributed by atoms with Gasteiger partial charge in [0.1, 0.15) is 0 Å². The van der Waals surface area contributed by atoms with Crippen LogP contribution < -0.4 is 0 Å². The predicted octanol–water partition coefficient (Wildman–Crippen LogP) is 2.86. The average Bonchev–Trinajstić information content (AvgIpc) is 2.56. The molecule has 2 rings (SSSR count). The lowest BCUT2D eigenvalue weighted by molar-refractivity contribution is 0.112. The molecule has 1 heterocycles. The first-order valence-corrected chi connectivity index (χ1v) is 5.22. The Balaban J connectivity index is 2.82. The van der Waals surface area contributed by atoms with Gasteiger partial charge in [0.15, 0.2) is 6.29 Å². The molecule has 0 atom stereocenters. The van der Waals surface area contributed by atoms with Gasteiger partial charge < -0.3 is 5.11 Å². The first-order chi connectivity index (χ1) is 6.76. The van der Waals surface area contributed by atoms with Gasteiger partial charge in [0.05, 0.1) is 10.9 Å². The average molecular weight is 227 g/mol. The van der Waals surface area contributed by atoms with Crippen LogP contribution in [-0.2, 0) is 6.61 Å². The number of halogens is 1. The van der Waals surface area contributed by atoms with Gasteiger partial charge in [-0.2, -0.15) is 0 Å². The molecule has 72 valence electrons. The van der Waals surface area contributed by atoms with Gasteiger partial charge in [0.25, 0.3) is 0 Å². The van der Waals surface area contributed by atoms with Crippen LogP contribution in [0.25, 0.3) is 10.1 Å². The Morgan fingerprint density at radius 3 is 2.93 bits per heavy atom. The van der Waals surface area contributed by atoms with Crippen LogP contribution in [0.15, 0.2) is 18.2 Å². The SMILES string of the molecule is O=Cc1c(CO)ccc2cc(Cl)sc12. The van der Waals surface area contributed by atoms with Crippen LogP contribution in [0.4, 0.5) is 0 Å². The smallest absolute Gasteiger partial charge is 0.151 e. The lowest BCUT2D eigenvalue weighted by atomic mass is 10.1. The Bertz CT molecular complexity index is 490. The number of hydrogen-bond donors (Lipinski definition) is 1. The van der Waals surface area contributed by atoms with Crippen LogP contribution in [0.2, 0.25) is 4.34 Å². The van der Waals surface area contributed by atoms with Crippen molar-refractivity contribution in [3.8, 4) is 0 Å². The summed E-state index contributed by atoms with van der Waals surface area (Å²) in [7, 11) is 0. The molecule has 0 radical (unpaired) electrons. The Morgan fingerprint density at radius 2 is 2.29 bits per heavy atom. The van der Waals surface area contributed by atoms with Crippen LogP contribution in [0.1, 0.15) is 15.9 Å². The van der Waals surface area contributed by atoms with E-state index >= 15 is 0 Å². The molecule has 1 N–H and O–H groups in total. The van der Waals surface area contributed by atoms with Gasteiger partial charge in [-0.3, -0.25) is 4.79 Å². The number of benzene rings is 1. The molecule has 0 aliphatic carbocycles. The maximum atomic E-state index is 10.9. The lowest BCUT2D eigenvalue weighted by Crippen LogP contribution is -1.91. The molecule has 0 spiro atoms. The Morgan fingerprint density at radius 1 is 1.50 bits per heavy atom. The molecule has 0 bridgehead atoms. The van der Waals surface area contributed by atoms with Crippen molar-refractivity contribution in [3.05, 3.63) is 33.7 Å². The van der Waals surface area contributed by atoms with Crippen molar-refractivity contribution in [1.29, 1.82) is 0 Å². The van der Waals surface area contributed by atoms with Crippen LogP contribution in [0, 0.1) is 0 Å². The number of carbonyl (C=O) groups excluding carboxylic acids is 1. The van der Waals surface area contributed by atoms with E-state index in [0.717, 1.165) is 16.4 Å². The fourth-order valence-corrected chi connectivity index (χ4v) is 2.66. The number of hydrogen-bond acceptors (Lipinski definition) is 3. The monoisotopic (exact) mass is 226 g/mol. The summed E-state index contributed by atoms with van der Waals surface area (Å²) in [6, 6.07) is 5.42. The minimum Gasteiger partial charge on any atom is -0.392 e. The molecule has 0 aliphatic rings. The second-order valence-electron chi connectivity index (χ2n) is 2.88. The summed E-state index contributed by atoms with van der Waals surface area (Å²) >= 11 is 7.20. The van der Waals surface area contributed by atoms with Gasteiger partial charge >= 0.3 is 0 Å². The van der Waals surface area contributed by atoms with E-state index in [-0.39, 0.29) is 6.61 Å². The van der Waals surface area contributed by atoms with Crippen molar-refractivity contribution < 1.29 is 9.90 Å². The molecule has 4 heteroatoms. The molecule has 0 saturated heterocycles. The standard InChI is InChI=1S/C10H7ClO2S/c11-9-3-6-1-2-7(4-12)8(5-13)10(6)14-9/h1-3,5,12H,4H2. The number of rotatable bonds is 2. The van der Waals surface area contributed by atoms with E-state index in [9.17, 15) is 4.79 Å². The zero-order chi connectivity index (χ0) is 10.1. The largest absolute Gasteiger partial charge is 0.392 e. The van der Waals surface area contributed by atoms with E-state index in [0.29, 0.717) is 15.5 Å². The zero-order valence-electron chi connectivity index (χ0n) is 7.16. The quantitative estimate of drug-likeness (QED) is 0.800. The molecule has 0 amide bonds. The summed E-state index contributed by atoms with van der Waals surface area (Å²) in [6.45, 7) is -0.125. The summed E-state index contributed by atoms with van der Waals surface area (Å²) in [6.07, 6.45) is 0.765. The van der Waals surface area contributed by atoms with E-state index in [1.807, 2.05) is 12.1 Å². The number of thiophene rings is 1. The van der Waals surface area contributed by atoms with E-state index in [1.54, 1.807) is 6.07 Å². The van der Waals surface area contributed by atoms with Crippen LogP contribution in [0.3, 0.4) is 0 Å². The van der Waals surface area contributed by atoms with Crippen LogP contribution in [0.5, 0.6) is 0 Å². The molecule has 0 aliphatic heterocycles. The van der Waals surface area contributed by atoms with Crippen LogP contribution in [-0.4, -0.2) is 11.4 Å². The minimum absolute atomic E-state index is 0.125. The molecular formula is C10H7ClO2S. The summed E-state index contributed by atoms with van der Waals surface area (Å²) in [4.78, 5) is 10.9. The van der Waals surface area contributed by atoms with Crippen molar-refractivity contribution in [3.63, 3.8) is 0 Å². The second-order valence-corrected chi connectivity index (χ2v) is 4.57. The third-order valence-corrected chi connectivity index (χ3v) is 3.39. The van der Waals surface area contributed by atoms with Gasteiger partial charge in [-0.25, -0.2) is 0 Å². The number of aldehydes is 1. The van der Waals surface area contributed by atoms with E-state index in [2.05, 4.69) is 0 Å². The van der Waals surface area contributed by atoms with Crippen molar-refractivity contribution in [2.75, 3.05) is 0 Å². The Labute approximate surface area is 89.7 Å². The van der Waals surface area contributed by atoms with Crippen LogP contribution >= 0.6 is 22.9 Å². The first kappa shape index (κ1) is 9.65. The molecular weight excluding hydrogens is 220 g/mol. The van der Waals surface area contributed by atoms with Crippen molar-refractivity contribution in [2.24, 2.45) is 0 Å². The molecule has 1 aromatic carbocycles. The highest BCUT2D eigenvalue weighted by Gasteiger charge is 2.08. The molecule has 1 aromatic heterocycles. The fraction of sp³-hybridized carbons (Fsp3) is 0.100. The highest BCUT2D eigenvalue weighted by Crippen LogP contribution is 2.32. The van der Waals surface area contributed by atoms with E-state index in [4.69, 9.17) is 16.7 Å². The fourth-order valence-electron chi connectivity index (χ4n) is 1.40. The third kappa shape index (κ3) is 1.43. The molecule has 2 nitrogen and oxygen atoms in total. The Hall–Kier alpha value is -0.900. The topological polar surface area (TPSA) is 37.3 Å². The maximum Gasteiger partial charge on any atom is 0.151 e. The van der Waals surface area contributed by atoms with Crippen molar-refractivity contribution in [1.82, 2.24) is 0 Å². The Kier molecular flexibility index (Phi) is 2.54. The normalized spacial score (nSPS) is 10.7. The van der Waals surface area contributed by atoms with Gasteiger partial charge in [0.2, 0.25) is 0 Å². The van der Waals surface area contributed by atoms with Crippen molar-refractivity contribution in [2.45, 2.75) is 6.61 Å². The molecule has 0 fully saturated rings. The predicted molar refractivity (Wildman–Crippen MR) is 58.1 cm³/mol. The van der Waals surface area contributed by atoms with Gasteiger partial charge in [-0.05, 0) is 17.0 Å². The summed E-state index contributed by atoms with van der Waals surface area (Å²) in [5.41, 5.74) is 1.19. The first-order valence-electron chi connectivity index (χ1n) is 4.03. The maximum absolute atomic E-state index is 10.9. The van der Waals surface area contributed by atoms with E-state index < -0.39 is 0 Å². The second kappa shape index (κ2) is 3.69. The highest BCUT2D eigenvalue weighted by atomic mass is 35.5. The summed E-state index contributed by atoms with van der Waals surface area (Å²) in [5, 5.41) is 9.97. The molecule has 2 aromatic rings. The zero-order valence-corrected chi connectivity index (χ0v) is 8.73. The molecule has 14 heavy (non-hydrogen) atoms. The number of carbonyl (C=O) groups is 1. The van der Waals surface area contributed by atoms with Gasteiger partial charge in [0, 0.05) is 10.3 Å². The summed E-state index contributed by atoms with van der Waals surface area (Å²) < 4.78 is 1.50. The number of aliphatic hydroxyl groups is 1. The molecule has 0 unspecified atom stereocenters. The third-order valence-electron chi connectivity index (χ3n) is 2.07. The minimum atomic E-state index is -0.125. The lowest BCUT2D eigenvalue weighted by Gasteiger charge is -2.01.